The van der Waals surface area contributed by atoms with Gasteiger partial charge in [0, 0.05) is 61.1 Å². The summed E-state index contributed by atoms with van der Waals surface area (Å²) in [4.78, 5) is 27.7. The van der Waals surface area contributed by atoms with Crippen molar-refractivity contribution in [2.75, 3.05) is 13.1 Å². The lowest BCUT2D eigenvalue weighted by molar-refractivity contribution is 0.0790. The number of fused-ring (bicyclic) bond motifs is 1. The van der Waals surface area contributed by atoms with Crippen LogP contribution in [-0.2, 0) is 0 Å². The first-order valence-corrected chi connectivity index (χ1v) is 9.65. The van der Waals surface area contributed by atoms with Crippen molar-refractivity contribution in [2.45, 2.75) is 19.3 Å². The normalized spacial score (nSPS) is 16.4. The first kappa shape index (κ1) is 17.5. The maximum Gasteiger partial charge on any atom is 0.255 e. The van der Waals surface area contributed by atoms with Gasteiger partial charge in [0.15, 0.2) is 11.5 Å². The highest BCUT2D eigenvalue weighted by molar-refractivity contribution is 5.94. The van der Waals surface area contributed by atoms with E-state index in [0.717, 1.165) is 34.6 Å². The summed E-state index contributed by atoms with van der Waals surface area (Å²) in [6.45, 7) is 3.27. The van der Waals surface area contributed by atoms with Crippen molar-refractivity contribution in [1.82, 2.24) is 29.5 Å². The second-order valence-electron chi connectivity index (χ2n) is 7.42. The highest BCUT2D eigenvalue weighted by Crippen LogP contribution is 2.27. The first-order valence-electron chi connectivity index (χ1n) is 9.65. The number of carbonyl (C=O) groups excluding carboxylic acids is 1. The lowest BCUT2D eigenvalue weighted by Crippen LogP contribution is -2.28. The van der Waals surface area contributed by atoms with Crippen LogP contribution in [0.5, 0.6) is 0 Å². The van der Waals surface area contributed by atoms with E-state index in [-0.39, 0.29) is 11.8 Å². The molecule has 0 radical (unpaired) electrons. The molecular weight excluding hydrogens is 364 g/mol. The number of nitrogens with zero attached hydrogens (tertiary/aromatic N) is 6. The molecule has 4 aromatic rings. The number of amides is 1. The van der Waals surface area contributed by atoms with Crippen LogP contribution in [-0.4, -0.2) is 48.5 Å². The maximum absolute atomic E-state index is 12.8. The Morgan fingerprint density at radius 1 is 1.10 bits per heavy atom. The van der Waals surface area contributed by atoms with Gasteiger partial charge in [-0.05, 0) is 43.2 Å². The molecule has 0 bridgehead atoms. The number of hydrogen-bond acceptors (Lipinski definition) is 5. The number of aryl methyl sites for hydroxylation is 1. The van der Waals surface area contributed by atoms with Crippen LogP contribution in [0, 0.1) is 6.92 Å². The molecule has 29 heavy (non-hydrogen) atoms. The molecular formula is C22H20N6O. The van der Waals surface area contributed by atoms with E-state index in [1.165, 1.54) is 0 Å². The van der Waals surface area contributed by atoms with Gasteiger partial charge in [-0.1, -0.05) is 6.07 Å². The Labute approximate surface area is 168 Å². The van der Waals surface area contributed by atoms with Gasteiger partial charge >= 0.3 is 0 Å². The minimum absolute atomic E-state index is 0.0197. The van der Waals surface area contributed by atoms with Crippen LogP contribution in [0.15, 0.2) is 61.3 Å². The van der Waals surface area contributed by atoms with Crippen molar-refractivity contribution in [3.8, 4) is 11.1 Å². The molecule has 1 fully saturated rings. The summed E-state index contributed by atoms with van der Waals surface area (Å²) >= 11 is 0. The largest absolute Gasteiger partial charge is 0.338 e. The van der Waals surface area contributed by atoms with Gasteiger partial charge in [0.05, 0.1) is 5.56 Å². The first-order chi connectivity index (χ1) is 14.2. The molecule has 1 atom stereocenters. The van der Waals surface area contributed by atoms with E-state index in [9.17, 15) is 4.79 Å². The quantitative estimate of drug-likeness (QED) is 0.542. The molecule has 144 valence electrons. The fourth-order valence-corrected chi connectivity index (χ4v) is 3.79. The lowest BCUT2D eigenvalue weighted by Gasteiger charge is -2.15. The van der Waals surface area contributed by atoms with Gasteiger partial charge < -0.3 is 4.90 Å². The van der Waals surface area contributed by atoms with Crippen LogP contribution >= 0.6 is 0 Å². The molecule has 0 aliphatic carbocycles. The summed E-state index contributed by atoms with van der Waals surface area (Å²) in [5.41, 5.74) is 4.50. The Kier molecular flexibility index (Phi) is 4.27. The van der Waals surface area contributed by atoms with Gasteiger partial charge in [-0.15, -0.1) is 0 Å². The van der Waals surface area contributed by atoms with Crippen molar-refractivity contribution in [2.24, 2.45) is 0 Å². The molecule has 0 aromatic carbocycles. The number of carbonyl (C=O) groups is 1. The maximum atomic E-state index is 12.8. The van der Waals surface area contributed by atoms with Gasteiger partial charge in [0.2, 0.25) is 0 Å². The number of hydrogen-bond donors (Lipinski definition) is 0. The molecule has 0 saturated carbocycles. The van der Waals surface area contributed by atoms with E-state index >= 15 is 0 Å². The molecule has 7 heteroatoms. The smallest absolute Gasteiger partial charge is 0.255 e. The summed E-state index contributed by atoms with van der Waals surface area (Å²) < 4.78 is 1.81. The van der Waals surface area contributed by atoms with Crippen molar-refractivity contribution in [1.29, 1.82) is 0 Å². The Hall–Kier alpha value is -3.61. The SMILES string of the molecule is Cc1cncc(C(=O)N2CC[C@H](c3nc4ccc(-c5cccnc5)cn4n3)C2)c1. The van der Waals surface area contributed by atoms with Crippen molar-refractivity contribution in [3.63, 3.8) is 0 Å². The van der Waals surface area contributed by atoms with E-state index in [2.05, 4.69) is 9.97 Å². The minimum atomic E-state index is 0.0197. The van der Waals surface area contributed by atoms with E-state index in [1.54, 1.807) is 18.6 Å². The van der Waals surface area contributed by atoms with Crippen molar-refractivity contribution in [3.05, 3.63) is 78.3 Å². The molecule has 4 aromatic heterocycles. The third-order valence-electron chi connectivity index (χ3n) is 5.30. The van der Waals surface area contributed by atoms with E-state index in [1.807, 2.05) is 59.1 Å². The number of aromatic nitrogens is 5. The van der Waals surface area contributed by atoms with Crippen molar-refractivity contribution >= 4 is 11.6 Å². The average Bonchev–Trinajstić information content (AvgIpc) is 3.40. The van der Waals surface area contributed by atoms with E-state index in [4.69, 9.17) is 10.1 Å². The molecule has 0 N–H and O–H groups in total. The molecule has 1 aliphatic heterocycles. The summed E-state index contributed by atoms with van der Waals surface area (Å²) in [6, 6.07) is 9.81. The lowest BCUT2D eigenvalue weighted by atomic mass is 10.1. The second-order valence-corrected chi connectivity index (χ2v) is 7.42. The third kappa shape index (κ3) is 3.35. The molecule has 1 amide bonds. The van der Waals surface area contributed by atoms with Crippen LogP contribution in [0.1, 0.15) is 34.1 Å². The third-order valence-corrected chi connectivity index (χ3v) is 5.30. The van der Waals surface area contributed by atoms with E-state index in [0.29, 0.717) is 18.7 Å². The zero-order valence-electron chi connectivity index (χ0n) is 16.1. The molecule has 5 rings (SSSR count). The Balaban J connectivity index is 1.37. The zero-order valence-corrected chi connectivity index (χ0v) is 16.1. The van der Waals surface area contributed by atoms with Gasteiger partial charge in [-0.2, -0.15) is 5.10 Å². The summed E-state index contributed by atoms with van der Waals surface area (Å²) in [6.07, 6.45) is 9.81. The monoisotopic (exact) mass is 384 g/mol. The van der Waals surface area contributed by atoms with Crippen LogP contribution in [0.25, 0.3) is 16.8 Å². The van der Waals surface area contributed by atoms with E-state index < -0.39 is 0 Å². The van der Waals surface area contributed by atoms with Crippen LogP contribution in [0.4, 0.5) is 0 Å². The minimum Gasteiger partial charge on any atom is -0.338 e. The predicted octanol–water partition coefficient (Wildman–Crippen LogP) is 3.12. The summed E-state index contributed by atoms with van der Waals surface area (Å²) in [7, 11) is 0. The number of likely N-dealkylation sites (tertiary alicyclic amines) is 1. The van der Waals surface area contributed by atoms with Gasteiger partial charge in [0.1, 0.15) is 0 Å². The molecule has 5 heterocycles. The molecule has 7 nitrogen and oxygen atoms in total. The number of rotatable bonds is 3. The highest BCUT2D eigenvalue weighted by Gasteiger charge is 2.30. The standard InChI is InChI=1S/C22H20N6O/c1-15-9-19(12-24-10-15)22(29)27-8-6-18(13-27)21-25-20-5-4-17(14-28(20)26-21)16-3-2-7-23-11-16/h2-5,7,9-12,14,18H,6,8,13H2,1H3/t18-/m0/s1. The second kappa shape index (κ2) is 7.09. The summed E-state index contributed by atoms with van der Waals surface area (Å²) in [5.74, 6) is 0.941. The topological polar surface area (TPSA) is 76.3 Å². The summed E-state index contributed by atoms with van der Waals surface area (Å²) in [5, 5.41) is 4.70. The molecule has 1 saturated heterocycles. The molecule has 0 spiro atoms. The van der Waals surface area contributed by atoms with Gasteiger partial charge in [-0.25, -0.2) is 9.50 Å². The zero-order chi connectivity index (χ0) is 19.8. The molecule has 0 unspecified atom stereocenters. The Bertz CT molecular complexity index is 1190. The predicted molar refractivity (Wildman–Crippen MR) is 108 cm³/mol. The Morgan fingerprint density at radius 2 is 2.03 bits per heavy atom. The van der Waals surface area contributed by atoms with Crippen LogP contribution in [0.3, 0.4) is 0 Å². The fraction of sp³-hybridized carbons (Fsp3) is 0.227. The number of pyridine rings is 3. The van der Waals surface area contributed by atoms with Gasteiger partial charge in [0.25, 0.3) is 5.91 Å². The molecule has 1 aliphatic rings. The van der Waals surface area contributed by atoms with Gasteiger partial charge in [-0.3, -0.25) is 14.8 Å². The Morgan fingerprint density at radius 3 is 2.86 bits per heavy atom. The van der Waals surface area contributed by atoms with Crippen LogP contribution in [0.2, 0.25) is 0 Å². The van der Waals surface area contributed by atoms with Crippen LogP contribution < -0.4 is 0 Å². The average molecular weight is 384 g/mol. The highest BCUT2D eigenvalue weighted by atomic mass is 16.2. The van der Waals surface area contributed by atoms with Crippen molar-refractivity contribution < 1.29 is 4.79 Å². The fourth-order valence-electron chi connectivity index (χ4n) is 3.79.